The van der Waals surface area contributed by atoms with E-state index >= 15 is 0 Å². The summed E-state index contributed by atoms with van der Waals surface area (Å²) in [4.78, 5) is 4.10. The molecule has 5 nitrogen and oxygen atoms in total. The van der Waals surface area contributed by atoms with Gasteiger partial charge in [-0.2, -0.15) is 9.47 Å². The zero-order valence-electron chi connectivity index (χ0n) is 8.82. The van der Waals surface area contributed by atoms with Gasteiger partial charge >= 0.3 is 0 Å². The van der Waals surface area contributed by atoms with Gasteiger partial charge in [-0.1, -0.05) is 12.1 Å². The van der Waals surface area contributed by atoms with Crippen molar-refractivity contribution < 1.29 is 0 Å². The summed E-state index contributed by atoms with van der Waals surface area (Å²) < 4.78 is 5.66. The molecule has 0 fully saturated rings. The van der Waals surface area contributed by atoms with Crippen LogP contribution in [0.3, 0.4) is 0 Å². The lowest BCUT2D eigenvalue weighted by molar-refractivity contribution is 0.869. The van der Waals surface area contributed by atoms with Crippen LogP contribution in [0.1, 0.15) is 0 Å². The van der Waals surface area contributed by atoms with E-state index in [0.717, 1.165) is 21.9 Å². The van der Waals surface area contributed by atoms with Gasteiger partial charge in [0.15, 0.2) is 0 Å². The molecule has 0 unspecified atom stereocenters. The second-order valence-corrected chi connectivity index (χ2v) is 4.28. The number of nitrogens with two attached hydrogens (primary N) is 1. The van der Waals surface area contributed by atoms with Gasteiger partial charge in [0.25, 0.3) is 0 Å². The Morgan fingerprint density at radius 1 is 1.12 bits per heavy atom. The topological polar surface area (TPSA) is 69.6 Å². The Morgan fingerprint density at radius 3 is 2.65 bits per heavy atom. The fourth-order valence-corrected chi connectivity index (χ4v) is 1.99. The van der Waals surface area contributed by atoms with E-state index in [4.69, 9.17) is 5.73 Å². The largest absolute Gasteiger partial charge is 0.399 e. The molecule has 17 heavy (non-hydrogen) atoms. The second-order valence-electron chi connectivity index (χ2n) is 3.52. The Balaban J connectivity index is 1.98. The lowest BCUT2D eigenvalue weighted by Gasteiger charge is -1.97. The molecule has 0 amide bonds. The minimum absolute atomic E-state index is 0.755. The van der Waals surface area contributed by atoms with E-state index in [1.165, 1.54) is 17.9 Å². The second kappa shape index (κ2) is 3.99. The molecule has 0 radical (unpaired) electrons. The Bertz CT molecular complexity index is 612. The van der Waals surface area contributed by atoms with Crippen LogP contribution in [0.25, 0.3) is 16.3 Å². The van der Waals surface area contributed by atoms with Crippen LogP contribution in [0.4, 0.5) is 5.69 Å². The summed E-state index contributed by atoms with van der Waals surface area (Å²) in [5, 5.41) is 5.01. The summed E-state index contributed by atoms with van der Waals surface area (Å²) in [6, 6.07) is 7.68. The van der Waals surface area contributed by atoms with Crippen LogP contribution in [0.15, 0.2) is 43.0 Å². The van der Waals surface area contributed by atoms with Crippen molar-refractivity contribution in [1.82, 2.24) is 19.1 Å². The summed E-state index contributed by atoms with van der Waals surface area (Å²) in [5.41, 5.74) is 8.51. The van der Waals surface area contributed by atoms with E-state index < -0.39 is 0 Å². The molecule has 2 heterocycles. The first kappa shape index (κ1) is 9.98. The van der Waals surface area contributed by atoms with E-state index in [-0.39, 0.29) is 0 Å². The van der Waals surface area contributed by atoms with Gasteiger partial charge in [0.2, 0.25) is 5.13 Å². The Hall–Kier alpha value is -2.21. The summed E-state index contributed by atoms with van der Waals surface area (Å²) in [5.74, 6) is 0. The van der Waals surface area contributed by atoms with E-state index in [1.54, 1.807) is 10.9 Å². The first-order chi connectivity index (χ1) is 8.33. The number of hydrogen-bond acceptors (Lipinski definition) is 5. The summed E-state index contributed by atoms with van der Waals surface area (Å²) in [6.07, 6.45) is 5.24. The fraction of sp³-hybridized carbons (Fsp3) is 0. The minimum atomic E-state index is 0.755. The Morgan fingerprint density at radius 2 is 1.94 bits per heavy atom. The summed E-state index contributed by atoms with van der Waals surface area (Å²) >= 11 is 1.31. The van der Waals surface area contributed by atoms with Crippen molar-refractivity contribution in [2.45, 2.75) is 0 Å². The number of nitrogen functional groups attached to an aromatic ring is 1. The van der Waals surface area contributed by atoms with Crippen molar-refractivity contribution in [3.05, 3.63) is 43.0 Å². The number of anilines is 1. The maximum Gasteiger partial charge on any atom is 0.229 e. The van der Waals surface area contributed by atoms with Crippen molar-refractivity contribution >= 4 is 17.2 Å². The molecule has 84 valence electrons. The maximum absolute atomic E-state index is 5.65. The third-order valence-electron chi connectivity index (χ3n) is 2.37. The van der Waals surface area contributed by atoms with Crippen LogP contribution >= 0.6 is 11.5 Å². The van der Waals surface area contributed by atoms with Crippen molar-refractivity contribution in [2.24, 2.45) is 0 Å². The number of nitrogens with zero attached hydrogens (tertiary/aromatic N) is 4. The van der Waals surface area contributed by atoms with Gasteiger partial charge in [-0.25, -0.2) is 9.67 Å². The van der Waals surface area contributed by atoms with Crippen molar-refractivity contribution in [3.8, 4) is 16.3 Å². The predicted molar refractivity (Wildman–Crippen MR) is 66.9 cm³/mol. The average Bonchev–Trinajstić information content (AvgIpc) is 3.00. The summed E-state index contributed by atoms with van der Waals surface area (Å²) in [7, 11) is 0. The first-order valence-corrected chi connectivity index (χ1v) is 5.78. The standard InChI is InChI=1S/C11H9N5S/c12-10-3-1-8(2-4-10)9-5-14-16(6-9)11-13-7-15-17-11/h1-7H,12H2. The first-order valence-electron chi connectivity index (χ1n) is 5.00. The van der Waals surface area contributed by atoms with Crippen molar-refractivity contribution in [1.29, 1.82) is 0 Å². The highest BCUT2D eigenvalue weighted by Gasteiger charge is 2.05. The molecular formula is C11H9N5S. The van der Waals surface area contributed by atoms with E-state index in [2.05, 4.69) is 14.5 Å². The quantitative estimate of drug-likeness (QED) is 0.699. The molecule has 3 rings (SSSR count). The molecule has 2 aromatic heterocycles. The lowest BCUT2D eigenvalue weighted by Crippen LogP contribution is -1.91. The normalized spacial score (nSPS) is 10.6. The van der Waals surface area contributed by atoms with Gasteiger partial charge in [-0.3, -0.25) is 0 Å². The molecule has 0 saturated carbocycles. The molecule has 6 heteroatoms. The zero-order chi connectivity index (χ0) is 11.7. The molecule has 1 aromatic carbocycles. The number of aromatic nitrogens is 4. The Kier molecular flexibility index (Phi) is 2.34. The average molecular weight is 243 g/mol. The molecule has 0 aliphatic carbocycles. The minimum Gasteiger partial charge on any atom is -0.399 e. The highest BCUT2D eigenvalue weighted by atomic mass is 32.1. The van der Waals surface area contributed by atoms with Gasteiger partial charge in [0, 0.05) is 29.0 Å². The monoisotopic (exact) mass is 243 g/mol. The van der Waals surface area contributed by atoms with E-state index in [9.17, 15) is 0 Å². The van der Waals surface area contributed by atoms with Gasteiger partial charge in [0.05, 0.1) is 6.20 Å². The highest BCUT2D eigenvalue weighted by molar-refractivity contribution is 7.07. The maximum atomic E-state index is 5.65. The van der Waals surface area contributed by atoms with E-state index in [0.29, 0.717) is 0 Å². The smallest absolute Gasteiger partial charge is 0.229 e. The number of rotatable bonds is 2. The molecular weight excluding hydrogens is 234 g/mol. The predicted octanol–water partition coefficient (Wildman–Crippen LogP) is 1.97. The zero-order valence-corrected chi connectivity index (χ0v) is 9.63. The number of hydrogen-bond donors (Lipinski definition) is 1. The molecule has 0 spiro atoms. The van der Waals surface area contributed by atoms with Gasteiger partial charge in [0.1, 0.15) is 6.33 Å². The van der Waals surface area contributed by atoms with E-state index in [1.807, 2.05) is 30.5 Å². The molecule has 3 aromatic rings. The number of benzene rings is 1. The molecule has 0 aliphatic rings. The molecule has 0 aliphatic heterocycles. The van der Waals surface area contributed by atoms with Crippen LogP contribution in [-0.4, -0.2) is 19.1 Å². The highest BCUT2D eigenvalue weighted by Crippen LogP contribution is 2.21. The van der Waals surface area contributed by atoms with Crippen LogP contribution in [0, 0.1) is 0 Å². The van der Waals surface area contributed by atoms with Crippen LogP contribution in [0.5, 0.6) is 0 Å². The molecule has 0 bridgehead atoms. The lowest BCUT2D eigenvalue weighted by atomic mass is 10.1. The third-order valence-corrected chi connectivity index (χ3v) is 3.03. The van der Waals surface area contributed by atoms with Crippen molar-refractivity contribution in [2.75, 3.05) is 5.73 Å². The third kappa shape index (κ3) is 1.90. The van der Waals surface area contributed by atoms with Gasteiger partial charge in [-0.05, 0) is 17.7 Å². The SMILES string of the molecule is Nc1ccc(-c2cnn(-c3ncns3)c2)cc1. The van der Waals surface area contributed by atoms with Crippen molar-refractivity contribution in [3.63, 3.8) is 0 Å². The van der Waals surface area contributed by atoms with Crippen LogP contribution < -0.4 is 5.73 Å². The summed E-state index contributed by atoms with van der Waals surface area (Å²) in [6.45, 7) is 0. The molecule has 0 atom stereocenters. The molecule has 2 N–H and O–H groups in total. The van der Waals surface area contributed by atoms with Crippen LogP contribution in [-0.2, 0) is 0 Å². The van der Waals surface area contributed by atoms with Crippen LogP contribution in [0.2, 0.25) is 0 Å². The molecule has 0 saturated heterocycles. The Labute approximate surface area is 102 Å². The fourth-order valence-electron chi connectivity index (χ4n) is 1.52. The van der Waals surface area contributed by atoms with Gasteiger partial charge in [-0.15, -0.1) is 0 Å². The van der Waals surface area contributed by atoms with Gasteiger partial charge < -0.3 is 5.73 Å².